The zero-order valence-electron chi connectivity index (χ0n) is 28.9. The van der Waals surface area contributed by atoms with Crippen molar-refractivity contribution in [1.82, 2.24) is 4.31 Å². The van der Waals surface area contributed by atoms with Crippen molar-refractivity contribution >= 4 is 107 Å². The van der Waals surface area contributed by atoms with E-state index in [0.29, 0.717) is 21.6 Å². The summed E-state index contributed by atoms with van der Waals surface area (Å²) in [7, 11) is -3.43. The fourth-order valence-corrected chi connectivity index (χ4v) is 12.9. The van der Waals surface area contributed by atoms with Gasteiger partial charge in [0.05, 0.1) is 25.7 Å². The van der Waals surface area contributed by atoms with Gasteiger partial charge < -0.3 is 5.11 Å². The summed E-state index contributed by atoms with van der Waals surface area (Å²) in [4.78, 5) is 24.4. The number of amides is 1. The standard InChI is InChI=1S/C16H23N2.C12H16NO2S.C8HCl4NO2.Bi/c1-15(2,3)17-11-13-8-7-9-14(10-13)12-18-16(4,5)6;1-11-5-7-12(8-6-11)16(14,15)13-9-3-2-4-10-13;9-3-1-2(8(15)13-7(1)14)4(10)6(12)5(3)11;/h7-9,11-12H,1-6H3;2,5-8H,3-4,9-10H2,1H3;(H,13,14,15);/q;;;+1/p-1. The Morgan fingerprint density at radius 1 is 0.820 bits per heavy atom. The van der Waals surface area contributed by atoms with Crippen molar-refractivity contribution in [3.63, 3.8) is 0 Å². The minimum atomic E-state index is -3.43. The van der Waals surface area contributed by atoms with E-state index < -0.39 is 45.1 Å². The molecule has 3 aromatic rings. The number of carbonyl (C=O) groups is 1. The molecule has 1 saturated heterocycles. The molecular weight excluding hydrogens is 935 g/mol. The van der Waals surface area contributed by atoms with E-state index in [9.17, 15) is 18.3 Å². The minimum absolute atomic E-state index is 0.0552. The molecule has 2 aliphatic rings. The van der Waals surface area contributed by atoms with Crippen LogP contribution in [-0.4, -0.2) is 84.4 Å². The number of nitrogens with zero attached hydrogens (tertiary/aromatic N) is 4. The number of hydrogen-bond donors (Lipinski definition) is 0. The van der Waals surface area contributed by atoms with Crippen molar-refractivity contribution < 1.29 is 18.3 Å². The van der Waals surface area contributed by atoms with Crippen LogP contribution in [0.5, 0.6) is 0 Å². The van der Waals surface area contributed by atoms with Crippen molar-refractivity contribution in [2.75, 3.05) is 13.1 Å². The predicted octanol–water partition coefficient (Wildman–Crippen LogP) is 7.59. The first-order valence-corrected chi connectivity index (χ1v) is 22.6. The van der Waals surface area contributed by atoms with E-state index in [1.54, 1.807) is 16.4 Å². The molecule has 0 spiro atoms. The quantitative estimate of drug-likeness (QED) is 0.110. The van der Waals surface area contributed by atoms with Crippen molar-refractivity contribution in [2.45, 2.75) is 80.9 Å². The number of aryl methyl sites for hydroxylation is 1. The Balaban J connectivity index is 0.000000310. The Morgan fingerprint density at radius 2 is 1.30 bits per heavy atom. The fraction of sp³-hybridized carbons (Fsp3) is 0.389. The Labute approximate surface area is 326 Å². The molecule has 0 N–H and O–H groups in total. The van der Waals surface area contributed by atoms with Crippen LogP contribution in [0, 0.1) is 6.92 Å². The molecule has 8 nitrogen and oxygen atoms in total. The molecule has 2 radical (unpaired) electrons. The molecular formula is C36H39BiCl4N4O4S. The number of sulfonamides is 1. The molecule has 0 aromatic heterocycles. The molecule has 1 fully saturated rings. The summed E-state index contributed by atoms with van der Waals surface area (Å²) in [6, 6.07) is 13.6. The van der Waals surface area contributed by atoms with Crippen molar-refractivity contribution in [1.29, 1.82) is 0 Å². The van der Waals surface area contributed by atoms with E-state index in [4.69, 9.17) is 56.4 Å². The van der Waals surface area contributed by atoms with Gasteiger partial charge in [0.15, 0.2) is 0 Å². The number of rotatable bonds is 6. The topological polar surface area (TPSA) is 115 Å². The van der Waals surface area contributed by atoms with Gasteiger partial charge in [-0.15, -0.1) is 0 Å². The van der Waals surface area contributed by atoms with Gasteiger partial charge in [0.2, 0.25) is 0 Å². The number of halogens is 4. The molecule has 2 aliphatic heterocycles. The van der Waals surface area contributed by atoms with Crippen LogP contribution in [-0.2, 0) is 10.0 Å². The summed E-state index contributed by atoms with van der Waals surface area (Å²) >= 11 is 21.8. The number of carbonyl (C=O) groups excluding carboxylic acids is 1. The molecule has 3 aromatic carbocycles. The second-order valence-corrected chi connectivity index (χ2v) is 23.0. The Bertz CT molecular complexity index is 1920. The second-order valence-electron chi connectivity index (χ2n) is 13.9. The van der Waals surface area contributed by atoms with Crippen LogP contribution in [0.4, 0.5) is 0 Å². The molecule has 5 rings (SSSR count). The van der Waals surface area contributed by atoms with Crippen LogP contribution in [0.3, 0.4) is 0 Å². The molecule has 0 unspecified atom stereocenters. The predicted molar refractivity (Wildman–Crippen MR) is 207 cm³/mol. The number of fused-ring (bicyclic) bond motifs is 1. The third kappa shape index (κ3) is 10.2. The summed E-state index contributed by atoms with van der Waals surface area (Å²) in [6.45, 7) is 15.8. The Hall–Kier alpha value is -1.91. The summed E-state index contributed by atoms with van der Waals surface area (Å²) < 4.78 is 30.0. The number of hydrogen-bond acceptors (Lipinski definition) is 6. The molecule has 2 heterocycles. The third-order valence-corrected chi connectivity index (χ3v) is 17.7. The number of benzene rings is 3. The minimum Gasteiger partial charge on any atom is -0.858 e. The molecule has 1 amide bonds. The summed E-state index contributed by atoms with van der Waals surface area (Å²) in [6.07, 6.45) is 5.90. The molecule has 14 heteroatoms. The first-order valence-electron chi connectivity index (χ1n) is 15.9. The van der Waals surface area contributed by atoms with Gasteiger partial charge in [-0.2, -0.15) is 0 Å². The molecule has 0 atom stereocenters. The first-order chi connectivity index (χ1) is 23.2. The largest absolute Gasteiger partial charge is 0.858 e. The van der Waals surface area contributed by atoms with E-state index in [1.165, 1.54) is 14.4 Å². The molecule has 50 heavy (non-hydrogen) atoms. The summed E-state index contributed by atoms with van der Waals surface area (Å²) in [5.41, 5.74) is 3.04. The van der Waals surface area contributed by atoms with Gasteiger partial charge in [-0.05, 0) is 0 Å². The molecule has 0 aliphatic carbocycles. The van der Waals surface area contributed by atoms with E-state index in [0.717, 1.165) is 18.4 Å². The van der Waals surface area contributed by atoms with Gasteiger partial charge in [0, 0.05) is 11.5 Å². The third-order valence-electron chi connectivity index (χ3n) is 7.57. The smallest absolute Gasteiger partial charge is 0.278 e. The van der Waals surface area contributed by atoms with E-state index in [2.05, 4.69) is 64.7 Å². The average molecular weight is 975 g/mol. The average Bonchev–Trinajstić information content (AvgIpc) is 3.34. The first kappa shape index (κ1) is 40.9. The van der Waals surface area contributed by atoms with Gasteiger partial charge in [0.25, 0.3) is 5.91 Å². The molecule has 0 saturated carbocycles. The zero-order chi connectivity index (χ0) is 37.2. The Morgan fingerprint density at radius 3 is 1.78 bits per heavy atom. The monoisotopic (exact) mass is 972 g/mol. The number of piperidine rings is 1. The zero-order valence-corrected chi connectivity index (χ0v) is 36.2. The fourth-order valence-electron chi connectivity index (χ4n) is 4.95. The van der Waals surface area contributed by atoms with E-state index in [1.807, 2.05) is 31.5 Å². The maximum Gasteiger partial charge on any atom is 0.278 e. The van der Waals surface area contributed by atoms with Gasteiger partial charge in [-0.1, -0.05) is 46.4 Å². The number of aliphatic imine (C=N–C) groups is 3. The van der Waals surface area contributed by atoms with Crippen molar-refractivity contribution in [2.24, 2.45) is 15.0 Å². The van der Waals surface area contributed by atoms with E-state index in [-0.39, 0.29) is 42.3 Å². The SMILES string of the molecule is Cc1ccc(S(=O)(=O)N2CC[CH]([Bi+][c]3c(C=NC(C)(C)C)cccc3C=NC(C)(C)C)CC2)cc1.O=C1N=C([O-])c2c(Cl)c(Cl)c(Cl)c(Cl)c21. The second kappa shape index (κ2) is 16.4. The van der Waals surface area contributed by atoms with Crippen LogP contribution >= 0.6 is 46.4 Å². The van der Waals surface area contributed by atoms with Crippen LogP contribution in [0.15, 0.2) is 62.3 Å². The van der Waals surface area contributed by atoms with Gasteiger partial charge in [-0.25, -0.2) is 4.99 Å². The maximum absolute atomic E-state index is 13.1. The Kier molecular flexibility index (Phi) is 13.4. The van der Waals surface area contributed by atoms with Crippen LogP contribution in [0.25, 0.3) is 0 Å². The van der Waals surface area contributed by atoms with Crippen LogP contribution < -0.4 is 8.38 Å². The van der Waals surface area contributed by atoms with Crippen molar-refractivity contribution in [3.05, 3.63) is 90.4 Å². The van der Waals surface area contributed by atoms with Gasteiger partial charge in [-0.3, -0.25) is 4.79 Å². The molecule has 266 valence electrons. The summed E-state index contributed by atoms with van der Waals surface area (Å²) in [5, 5.41) is 11.0. The van der Waals surface area contributed by atoms with Crippen molar-refractivity contribution in [3.8, 4) is 0 Å². The van der Waals surface area contributed by atoms with Gasteiger partial charge in [0.1, 0.15) is 0 Å². The van der Waals surface area contributed by atoms with Crippen LogP contribution in [0.1, 0.15) is 87.0 Å². The van der Waals surface area contributed by atoms with Gasteiger partial charge >= 0.3 is 225 Å². The van der Waals surface area contributed by atoms with E-state index >= 15 is 0 Å². The normalized spacial score (nSPS) is 16.1. The van der Waals surface area contributed by atoms with Crippen LogP contribution in [0.2, 0.25) is 23.7 Å². The maximum atomic E-state index is 13.1. The summed E-state index contributed by atoms with van der Waals surface area (Å²) in [5.74, 6) is -1.50. The molecule has 0 bridgehead atoms.